The highest BCUT2D eigenvalue weighted by molar-refractivity contribution is 5.96. The van der Waals surface area contributed by atoms with E-state index in [2.05, 4.69) is 187 Å². The van der Waals surface area contributed by atoms with Crippen molar-refractivity contribution in [2.45, 2.75) is 5.41 Å². The van der Waals surface area contributed by atoms with Gasteiger partial charge in [-0.3, -0.25) is 4.98 Å². The fraction of sp³-hybridized carbons (Fsp3) is 0.0175. The lowest BCUT2D eigenvalue weighted by Crippen LogP contribution is -2.28. The van der Waals surface area contributed by atoms with E-state index >= 15 is 0 Å². The Balaban J connectivity index is 1.01. The van der Waals surface area contributed by atoms with Gasteiger partial charge in [0.25, 0.3) is 0 Å². The van der Waals surface area contributed by atoms with E-state index in [9.17, 15) is 0 Å². The van der Waals surface area contributed by atoms with Gasteiger partial charge in [-0.05, 0) is 85.0 Å². The fourth-order valence-corrected chi connectivity index (χ4v) is 9.13. The van der Waals surface area contributed by atoms with Crippen LogP contribution in [0.25, 0.3) is 78.7 Å². The second-order valence-corrected chi connectivity index (χ2v) is 15.4. The number of rotatable bonds is 8. The van der Waals surface area contributed by atoms with E-state index in [1.165, 1.54) is 38.9 Å². The summed E-state index contributed by atoms with van der Waals surface area (Å²) in [5, 5.41) is 0. The average molecular weight is 779 g/mol. The molecule has 8 aromatic carbocycles. The molecule has 0 spiro atoms. The normalized spacial score (nSPS) is 12.4. The Morgan fingerprint density at radius 2 is 0.754 bits per heavy atom. The molecule has 0 N–H and O–H groups in total. The van der Waals surface area contributed by atoms with Gasteiger partial charge in [0.2, 0.25) is 0 Å². The molecule has 61 heavy (non-hydrogen) atoms. The zero-order chi connectivity index (χ0) is 40.6. The highest BCUT2D eigenvalue weighted by Crippen LogP contribution is 2.58. The summed E-state index contributed by atoms with van der Waals surface area (Å²) < 4.78 is 0. The molecule has 11 rings (SSSR count). The maximum absolute atomic E-state index is 5.09. The summed E-state index contributed by atoms with van der Waals surface area (Å²) in [5.41, 5.74) is 16.7. The lowest BCUT2D eigenvalue weighted by atomic mass is 9.67. The number of benzene rings is 8. The summed E-state index contributed by atoms with van der Waals surface area (Å²) in [4.78, 5) is 19.4. The van der Waals surface area contributed by atoms with Crippen LogP contribution in [0.4, 0.5) is 0 Å². The Labute approximate surface area is 355 Å². The number of fused-ring (bicyclic) bond motifs is 3. The van der Waals surface area contributed by atoms with Crippen LogP contribution in [0.1, 0.15) is 22.3 Å². The van der Waals surface area contributed by atoms with Crippen molar-refractivity contribution in [1.82, 2.24) is 19.9 Å². The molecule has 4 heteroatoms. The molecular weight excluding hydrogens is 741 g/mol. The Morgan fingerprint density at radius 3 is 1.41 bits per heavy atom. The van der Waals surface area contributed by atoms with Crippen molar-refractivity contribution in [2.75, 3.05) is 0 Å². The summed E-state index contributed by atoms with van der Waals surface area (Å²) in [6, 6.07) is 77.6. The monoisotopic (exact) mass is 778 g/mol. The third-order valence-corrected chi connectivity index (χ3v) is 11.9. The summed E-state index contributed by atoms with van der Waals surface area (Å²) >= 11 is 0. The van der Waals surface area contributed by atoms with Crippen molar-refractivity contribution in [3.05, 3.63) is 253 Å². The van der Waals surface area contributed by atoms with Crippen LogP contribution >= 0.6 is 0 Å². The maximum Gasteiger partial charge on any atom is 0.164 e. The van der Waals surface area contributed by atoms with Gasteiger partial charge in [0, 0.05) is 29.1 Å². The van der Waals surface area contributed by atoms with Gasteiger partial charge in [0.1, 0.15) is 0 Å². The van der Waals surface area contributed by atoms with E-state index in [1.54, 1.807) is 6.20 Å². The van der Waals surface area contributed by atoms with Crippen LogP contribution in [-0.4, -0.2) is 19.9 Å². The molecule has 1 aliphatic carbocycles. The van der Waals surface area contributed by atoms with E-state index < -0.39 is 5.41 Å². The first kappa shape index (κ1) is 36.0. The molecule has 2 heterocycles. The molecule has 0 bridgehead atoms. The molecule has 0 atom stereocenters. The molecule has 286 valence electrons. The van der Waals surface area contributed by atoms with Crippen LogP contribution in [0.2, 0.25) is 0 Å². The number of aromatic nitrogens is 4. The van der Waals surface area contributed by atoms with Crippen molar-refractivity contribution < 1.29 is 0 Å². The predicted molar refractivity (Wildman–Crippen MR) is 248 cm³/mol. The lowest BCUT2D eigenvalue weighted by Gasteiger charge is -2.34. The van der Waals surface area contributed by atoms with Gasteiger partial charge in [0.05, 0.1) is 5.41 Å². The molecule has 0 saturated heterocycles. The second-order valence-electron chi connectivity index (χ2n) is 15.4. The molecule has 0 saturated carbocycles. The molecule has 1 aliphatic rings. The minimum Gasteiger partial charge on any atom is -0.264 e. The van der Waals surface area contributed by atoms with Gasteiger partial charge in [-0.15, -0.1) is 0 Å². The van der Waals surface area contributed by atoms with Crippen molar-refractivity contribution in [2.24, 2.45) is 0 Å². The molecule has 0 unspecified atom stereocenters. The Hall–Kier alpha value is -8.08. The third kappa shape index (κ3) is 6.33. The highest BCUT2D eigenvalue weighted by atomic mass is 15.0. The highest BCUT2D eigenvalue weighted by Gasteiger charge is 2.46. The Morgan fingerprint density at radius 1 is 0.295 bits per heavy atom. The summed E-state index contributed by atoms with van der Waals surface area (Å²) in [7, 11) is 0. The first-order valence-electron chi connectivity index (χ1n) is 20.6. The van der Waals surface area contributed by atoms with Crippen molar-refractivity contribution in [1.29, 1.82) is 0 Å². The van der Waals surface area contributed by atoms with Crippen LogP contribution in [0.3, 0.4) is 0 Å². The lowest BCUT2D eigenvalue weighted by molar-refractivity contribution is 0.768. The largest absolute Gasteiger partial charge is 0.264 e. The SMILES string of the molecule is c1ccc(-c2nc(-c3ccc(-c4cccnc4)cc3)nc(-c3cccc(-c4cccc(-c5cccc6c5-c5ccccc5C6(c5ccccc5)c5ccccc5)c4)c3)n2)cc1. The van der Waals surface area contributed by atoms with Gasteiger partial charge >= 0.3 is 0 Å². The van der Waals surface area contributed by atoms with Crippen LogP contribution in [0.15, 0.2) is 231 Å². The van der Waals surface area contributed by atoms with E-state index in [4.69, 9.17) is 15.0 Å². The summed E-state index contributed by atoms with van der Waals surface area (Å²) in [6.45, 7) is 0. The van der Waals surface area contributed by atoms with E-state index in [-0.39, 0.29) is 0 Å². The number of hydrogen-bond donors (Lipinski definition) is 0. The second kappa shape index (κ2) is 15.3. The molecule has 0 aliphatic heterocycles. The average Bonchev–Trinajstić information content (AvgIpc) is 3.66. The van der Waals surface area contributed by atoms with Crippen molar-refractivity contribution in [3.63, 3.8) is 0 Å². The molecule has 0 radical (unpaired) electrons. The Bertz CT molecular complexity index is 3130. The van der Waals surface area contributed by atoms with Crippen molar-refractivity contribution >= 4 is 0 Å². The van der Waals surface area contributed by atoms with Crippen molar-refractivity contribution in [3.8, 4) is 78.7 Å². The first-order valence-corrected chi connectivity index (χ1v) is 20.6. The zero-order valence-corrected chi connectivity index (χ0v) is 33.2. The minimum absolute atomic E-state index is 0.459. The van der Waals surface area contributed by atoms with E-state index in [0.717, 1.165) is 44.5 Å². The molecule has 2 aromatic heterocycles. The molecular formula is C57H38N4. The van der Waals surface area contributed by atoms with Crippen LogP contribution in [0, 0.1) is 0 Å². The molecule has 0 fully saturated rings. The molecule has 4 nitrogen and oxygen atoms in total. The Kier molecular flexibility index (Phi) is 9.02. The molecule has 10 aromatic rings. The van der Waals surface area contributed by atoms with E-state index in [0.29, 0.717) is 17.5 Å². The number of pyridine rings is 1. The van der Waals surface area contributed by atoms with Gasteiger partial charge in [0.15, 0.2) is 17.5 Å². The maximum atomic E-state index is 5.09. The third-order valence-electron chi connectivity index (χ3n) is 11.9. The van der Waals surface area contributed by atoms with Gasteiger partial charge in [-0.1, -0.05) is 200 Å². The van der Waals surface area contributed by atoms with Crippen LogP contribution < -0.4 is 0 Å². The van der Waals surface area contributed by atoms with Gasteiger partial charge in [-0.2, -0.15) is 0 Å². The van der Waals surface area contributed by atoms with Crippen LogP contribution in [-0.2, 0) is 5.41 Å². The summed E-state index contributed by atoms with van der Waals surface area (Å²) in [6.07, 6.45) is 3.66. The zero-order valence-electron chi connectivity index (χ0n) is 33.2. The smallest absolute Gasteiger partial charge is 0.164 e. The number of nitrogens with zero attached hydrogens (tertiary/aromatic N) is 4. The quantitative estimate of drug-likeness (QED) is 0.154. The molecule has 0 amide bonds. The first-order chi connectivity index (χ1) is 30.2. The van der Waals surface area contributed by atoms with Gasteiger partial charge in [-0.25, -0.2) is 15.0 Å². The van der Waals surface area contributed by atoms with Crippen LogP contribution in [0.5, 0.6) is 0 Å². The topological polar surface area (TPSA) is 51.6 Å². The fourth-order valence-electron chi connectivity index (χ4n) is 9.13. The minimum atomic E-state index is -0.459. The van der Waals surface area contributed by atoms with Gasteiger partial charge < -0.3 is 0 Å². The number of hydrogen-bond acceptors (Lipinski definition) is 4. The van der Waals surface area contributed by atoms with E-state index in [1.807, 2.05) is 42.6 Å². The standard InChI is InChI=1S/C57H38N4/c1-4-16-40(17-5-1)54-59-55(41-33-31-39(32-34-41)46-22-15-35-58-38-46)61-56(60-54)45-21-13-19-43(37-45)42-18-12-20-44(36-42)49-28-14-30-52-53(49)50-27-10-11-29-51(50)57(52,47-23-6-2-7-24-47)48-25-8-3-9-26-48/h1-38H. The summed E-state index contributed by atoms with van der Waals surface area (Å²) in [5.74, 6) is 1.87. The predicted octanol–water partition coefficient (Wildman–Crippen LogP) is 13.6.